The Morgan fingerprint density at radius 1 is 1.00 bits per heavy atom. The first-order valence-electron chi connectivity index (χ1n) is 7.44. The highest BCUT2D eigenvalue weighted by molar-refractivity contribution is 4.89. The molecule has 0 aliphatic rings. The minimum Gasteiger partial charge on any atom is -0.375 e. The molecule has 0 rings (SSSR count). The Morgan fingerprint density at radius 3 is 1.89 bits per heavy atom. The molecule has 18 heavy (non-hydrogen) atoms. The van der Waals surface area contributed by atoms with Crippen LogP contribution in [-0.4, -0.2) is 42.3 Å². The molecule has 3 heteroatoms. The molecule has 0 heterocycles. The molecule has 0 aliphatic heterocycles. The molecular formula is C15H34N2O. The third kappa shape index (κ3) is 5.68. The Labute approximate surface area is 114 Å². The number of rotatable bonds is 9. The average molecular weight is 258 g/mol. The summed E-state index contributed by atoms with van der Waals surface area (Å²) in [4.78, 5) is 2.53. The summed E-state index contributed by atoms with van der Waals surface area (Å²) in [5.41, 5.74) is 6.13. The van der Waals surface area contributed by atoms with Crippen molar-refractivity contribution in [3.05, 3.63) is 0 Å². The van der Waals surface area contributed by atoms with Crippen LogP contribution in [0.15, 0.2) is 0 Å². The van der Waals surface area contributed by atoms with Gasteiger partial charge < -0.3 is 10.5 Å². The van der Waals surface area contributed by atoms with Crippen LogP contribution < -0.4 is 5.73 Å². The summed E-state index contributed by atoms with van der Waals surface area (Å²) in [7, 11) is 0. The summed E-state index contributed by atoms with van der Waals surface area (Å²) in [6.07, 6.45) is 3.38. The zero-order chi connectivity index (χ0) is 14.2. The number of ether oxygens (including phenoxy) is 1. The standard InChI is InChI=1S/C15H34N2O/c1-7-10-17(11-12-18-14(4,5)6)15(8-2,9-3)13-16/h7-13,16H2,1-6H3. The molecular weight excluding hydrogens is 224 g/mol. The lowest BCUT2D eigenvalue weighted by molar-refractivity contribution is -0.0300. The van der Waals surface area contributed by atoms with Crippen molar-refractivity contribution in [2.75, 3.05) is 26.2 Å². The van der Waals surface area contributed by atoms with Crippen molar-refractivity contribution >= 4 is 0 Å². The van der Waals surface area contributed by atoms with Crippen LogP contribution in [-0.2, 0) is 4.74 Å². The Balaban J connectivity index is 4.53. The van der Waals surface area contributed by atoms with Crippen LogP contribution in [0.1, 0.15) is 60.8 Å². The highest BCUT2D eigenvalue weighted by atomic mass is 16.5. The van der Waals surface area contributed by atoms with Crippen LogP contribution in [0.5, 0.6) is 0 Å². The molecule has 0 fully saturated rings. The Morgan fingerprint density at radius 2 is 1.56 bits per heavy atom. The van der Waals surface area contributed by atoms with E-state index in [4.69, 9.17) is 10.5 Å². The highest BCUT2D eigenvalue weighted by Gasteiger charge is 2.31. The number of nitrogens with two attached hydrogens (primary N) is 1. The van der Waals surface area contributed by atoms with Gasteiger partial charge in [-0.3, -0.25) is 4.90 Å². The van der Waals surface area contributed by atoms with E-state index in [1.807, 2.05) is 0 Å². The molecule has 0 spiro atoms. The van der Waals surface area contributed by atoms with Gasteiger partial charge in [0.05, 0.1) is 12.2 Å². The molecule has 0 bridgehead atoms. The lowest BCUT2D eigenvalue weighted by Gasteiger charge is -2.43. The minimum atomic E-state index is -0.0539. The number of hydrogen-bond donors (Lipinski definition) is 1. The van der Waals surface area contributed by atoms with E-state index < -0.39 is 0 Å². The predicted octanol–water partition coefficient (Wildman–Crippen LogP) is 3.03. The van der Waals surface area contributed by atoms with Crippen LogP contribution in [0.3, 0.4) is 0 Å². The van der Waals surface area contributed by atoms with Gasteiger partial charge in [-0.1, -0.05) is 20.8 Å². The van der Waals surface area contributed by atoms with Gasteiger partial charge in [-0.05, 0) is 46.6 Å². The van der Waals surface area contributed by atoms with Crippen molar-refractivity contribution in [2.24, 2.45) is 5.73 Å². The molecule has 3 nitrogen and oxygen atoms in total. The van der Waals surface area contributed by atoms with Crippen LogP contribution in [0.25, 0.3) is 0 Å². The van der Waals surface area contributed by atoms with E-state index >= 15 is 0 Å². The Hall–Kier alpha value is -0.120. The quantitative estimate of drug-likeness (QED) is 0.691. The molecule has 110 valence electrons. The summed E-state index contributed by atoms with van der Waals surface area (Å²) in [6, 6.07) is 0. The first kappa shape index (κ1) is 17.9. The maximum absolute atomic E-state index is 6.04. The van der Waals surface area contributed by atoms with Crippen molar-refractivity contribution in [3.8, 4) is 0 Å². The first-order valence-corrected chi connectivity index (χ1v) is 7.44. The smallest absolute Gasteiger partial charge is 0.0600 e. The highest BCUT2D eigenvalue weighted by Crippen LogP contribution is 2.23. The summed E-state index contributed by atoms with van der Waals surface area (Å²) in [5, 5.41) is 0. The van der Waals surface area contributed by atoms with Gasteiger partial charge in [-0.15, -0.1) is 0 Å². The zero-order valence-electron chi connectivity index (χ0n) is 13.4. The average Bonchev–Trinajstić information content (AvgIpc) is 2.30. The van der Waals surface area contributed by atoms with Gasteiger partial charge in [0.25, 0.3) is 0 Å². The maximum Gasteiger partial charge on any atom is 0.0600 e. The van der Waals surface area contributed by atoms with E-state index in [0.717, 1.165) is 45.5 Å². The largest absolute Gasteiger partial charge is 0.375 e. The summed E-state index contributed by atoms with van der Waals surface area (Å²) in [5.74, 6) is 0. The lowest BCUT2D eigenvalue weighted by atomic mass is 9.90. The molecule has 0 saturated heterocycles. The van der Waals surface area contributed by atoms with E-state index in [1.165, 1.54) is 0 Å². The second kappa shape index (κ2) is 8.13. The fourth-order valence-electron chi connectivity index (χ4n) is 2.43. The monoisotopic (exact) mass is 258 g/mol. The fraction of sp³-hybridized carbons (Fsp3) is 1.00. The second-order valence-corrected chi connectivity index (χ2v) is 6.08. The summed E-state index contributed by atoms with van der Waals surface area (Å²) < 4.78 is 5.85. The van der Waals surface area contributed by atoms with Crippen LogP contribution in [0, 0.1) is 0 Å². The SMILES string of the molecule is CCCN(CCOC(C)(C)C)C(CC)(CC)CN. The van der Waals surface area contributed by atoms with Crippen molar-refractivity contribution < 1.29 is 4.74 Å². The fourth-order valence-corrected chi connectivity index (χ4v) is 2.43. The van der Waals surface area contributed by atoms with Crippen molar-refractivity contribution in [3.63, 3.8) is 0 Å². The molecule has 0 aromatic rings. The molecule has 0 aromatic heterocycles. The van der Waals surface area contributed by atoms with Crippen molar-refractivity contribution in [1.29, 1.82) is 0 Å². The van der Waals surface area contributed by atoms with Gasteiger partial charge in [-0.25, -0.2) is 0 Å². The normalized spacial score (nSPS) is 13.3. The molecule has 0 saturated carbocycles. The van der Waals surface area contributed by atoms with Gasteiger partial charge in [-0.2, -0.15) is 0 Å². The number of hydrogen-bond acceptors (Lipinski definition) is 3. The first-order chi connectivity index (χ1) is 8.35. The third-order valence-electron chi connectivity index (χ3n) is 3.76. The summed E-state index contributed by atoms with van der Waals surface area (Å²) >= 11 is 0. The maximum atomic E-state index is 6.04. The van der Waals surface area contributed by atoms with Crippen molar-refractivity contribution in [1.82, 2.24) is 4.90 Å². The molecule has 0 atom stereocenters. The van der Waals surface area contributed by atoms with Crippen LogP contribution >= 0.6 is 0 Å². The van der Waals surface area contributed by atoms with Crippen LogP contribution in [0.2, 0.25) is 0 Å². The van der Waals surface area contributed by atoms with Gasteiger partial charge in [0, 0.05) is 18.6 Å². The van der Waals surface area contributed by atoms with E-state index in [1.54, 1.807) is 0 Å². The van der Waals surface area contributed by atoms with Gasteiger partial charge in [0.15, 0.2) is 0 Å². The van der Waals surface area contributed by atoms with Crippen LogP contribution in [0.4, 0.5) is 0 Å². The molecule has 0 unspecified atom stereocenters. The van der Waals surface area contributed by atoms with E-state index in [-0.39, 0.29) is 11.1 Å². The Kier molecular flexibility index (Phi) is 8.08. The third-order valence-corrected chi connectivity index (χ3v) is 3.76. The number of nitrogens with zero attached hydrogens (tertiary/aromatic N) is 1. The zero-order valence-corrected chi connectivity index (χ0v) is 13.4. The Bertz CT molecular complexity index is 199. The second-order valence-electron chi connectivity index (χ2n) is 6.08. The molecule has 0 amide bonds. The lowest BCUT2D eigenvalue weighted by Crippen LogP contribution is -2.54. The molecule has 0 radical (unpaired) electrons. The van der Waals surface area contributed by atoms with E-state index in [9.17, 15) is 0 Å². The summed E-state index contributed by atoms with van der Waals surface area (Å²) in [6.45, 7) is 16.6. The van der Waals surface area contributed by atoms with Crippen molar-refractivity contribution in [2.45, 2.75) is 71.9 Å². The van der Waals surface area contributed by atoms with E-state index in [0.29, 0.717) is 0 Å². The van der Waals surface area contributed by atoms with Gasteiger partial charge in [0.1, 0.15) is 0 Å². The molecule has 0 aliphatic carbocycles. The van der Waals surface area contributed by atoms with Gasteiger partial charge >= 0.3 is 0 Å². The predicted molar refractivity (Wildman–Crippen MR) is 79.9 cm³/mol. The van der Waals surface area contributed by atoms with Gasteiger partial charge in [0.2, 0.25) is 0 Å². The molecule has 0 aromatic carbocycles. The minimum absolute atomic E-state index is 0.0539. The van der Waals surface area contributed by atoms with E-state index in [2.05, 4.69) is 46.4 Å². The topological polar surface area (TPSA) is 38.5 Å². The molecule has 2 N–H and O–H groups in total.